The van der Waals surface area contributed by atoms with Crippen molar-refractivity contribution in [1.29, 1.82) is 0 Å². The average Bonchev–Trinajstić information content (AvgIpc) is 2.57. The minimum Gasteiger partial charge on any atom is -0.481 e. The van der Waals surface area contributed by atoms with Crippen LogP contribution in [0.3, 0.4) is 0 Å². The van der Waals surface area contributed by atoms with Gasteiger partial charge in [-0.25, -0.2) is 4.79 Å². The first-order valence-corrected chi connectivity index (χ1v) is 8.34. The maximum Gasteiger partial charge on any atom is 0.317 e. The van der Waals surface area contributed by atoms with Gasteiger partial charge in [0.05, 0.1) is 11.5 Å². The monoisotopic (exact) mass is 334 g/mol. The van der Waals surface area contributed by atoms with E-state index in [1.54, 1.807) is 14.0 Å². The number of urea groups is 1. The summed E-state index contributed by atoms with van der Waals surface area (Å²) in [5, 5.41) is 22.6. The van der Waals surface area contributed by atoms with E-state index in [2.05, 4.69) is 5.32 Å². The average molecular weight is 334 g/mol. The molecule has 6 nitrogen and oxygen atoms in total. The summed E-state index contributed by atoms with van der Waals surface area (Å²) < 4.78 is 0. The van der Waals surface area contributed by atoms with Gasteiger partial charge in [-0.1, -0.05) is 37.3 Å². The standard InChI is InChI=1S/C18H26N2O4/c1-13(16(21)22)12-20(2)17(23)19-15-8-10-18(24,11-9-15)14-6-4-3-5-7-14/h3-7,13,15,24H,8-12H2,1-2H3,(H,19,23)(H,21,22). The van der Waals surface area contributed by atoms with Crippen LogP contribution < -0.4 is 5.32 Å². The van der Waals surface area contributed by atoms with Crippen LogP contribution >= 0.6 is 0 Å². The van der Waals surface area contributed by atoms with E-state index in [1.165, 1.54) is 4.90 Å². The first-order chi connectivity index (χ1) is 11.3. The second-order valence-corrected chi connectivity index (χ2v) is 6.74. The first-order valence-electron chi connectivity index (χ1n) is 8.34. The Morgan fingerprint density at radius 1 is 1.29 bits per heavy atom. The van der Waals surface area contributed by atoms with Gasteiger partial charge in [-0.2, -0.15) is 0 Å². The molecule has 1 fully saturated rings. The normalized spacial score (nSPS) is 24.9. The third-order valence-electron chi connectivity index (χ3n) is 4.77. The highest BCUT2D eigenvalue weighted by molar-refractivity contribution is 5.76. The van der Waals surface area contributed by atoms with E-state index in [1.807, 2.05) is 30.3 Å². The largest absolute Gasteiger partial charge is 0.481 e. The number of benzene rings is 1. The molecule has 0 bridgehead atoms. The predicted molar refractivity (Wildman–Crippen MR) is 90.6 cm³/mol. The maximum atomic E-state index is 12.2. The van der Waals surface area contributed by atoms with E-state index in [0.717, 1.165) is 5.56 Å². The van der Waals surface area contributed by atoms with Crippen LogP contribution in [0.5, 0.6) is 0 Å². The second kappa shape index (κ2) is 7.66. The molecule has 24 heavy (non-hydrogen) atoms. The van der Waals surface area contributed by atoms with Gasteiger partial charge in [0, 0.05) is 19.6 Å². The fraction of sp³-hybridized carbons (Fsp3) is 0.556. The van der Waals surface area contributed by atoms with Crippen molar-refractivity contribution in [2.24, 2.45) is 5.92 Å². The molecule has 2 amide bonds. The number of aliphatic carboxylic acids is 1. The number of carbonyl (C=O) groups excluding carboxylic acids is 1. The Morgan fingerprint density at radius 3 is 2.42 bits per heavy atom. The summed E-state index contributed by atoms with van der Waals surface area (Å²) in [6.07, 6.45) is 2.58. The van der Waals surface area contributed by atoms with Crippen LogP contribution in [0.25, 0.3) is 0 Å². The van der Waals surface area contributed by atoms with Crippen LogP contribution in [0.15, 0.2) is 30.3 Å². The van der Waals surface area contributed by atoms with Gasteiger partial charge in [-0.15, -0.1) is 0 Å². The molecule has 1 saturated carbocycles. The number of hydrogen-bond acceptors (Lipinski definition) is 3. The number of rotatable bonds is 5. The Morgan fingerprint density at radius 2 is 1.88 bits per heavy atom. The molecule has 1 aliphatic carbocycles. The fourth-order valence-electron chi connectivity index (χ4n) is 3.13. The number of carboxylic acids is 1. The number of hydrogen-bond donors (Lipinski definition) is 3. The number of nitrogens with one attached hydrogen (secondary N) is 1. The molecule has 3 N–H and O–H groups in total. The minimum absolute atomic E-state index is 0.00377. The lowest BCUT2D eigenvalue weighted by Crippen LogP contribution is -2.47. The molecule has 1 unspecified atom stereocenters. The van der Waals surface area contributed by atoms with Gasteiger partial charge in [-0.3, -0.25) is 4.79 Å². The Kier molecular flexibility index (Phi) is 5.83. The van der Waals surface area contributed by atoms with E-state index in [-0.39, 0.29) is 18.6 Å². The van der Waals surface area contributed by atoms with Crippen LogP contribution in [0.2, 0.25) is 0 Å². The molecule has 0 aliphatic heterocycles. The predicted octanol–water partition coefficient (Wildman–Crippen LogP) is 2.18. The summed E-state index contributed by atoms with van der Waals surface area (Å²) in [6.45, 7) is 1.74. The summed E-state index contributed by atoms with van der Waals surface area (Å²) >= 11 is 0. The van der Waals surface area contributed by atoms with Crippen molar-refractivity contribution >= 4 is 12.0 Å². The fourth-order valence-corrected chi connectivity index (χ4v) is 3.13. The van der Waals surface area contributed by atoms with Crippen LogP contribution in [0, 0.1) is 5.92 Å². The molecule has 0 saturated heterocycles. The van der Waals surface area contributed by atoms with Crippen LogP contribution in [0.1, 0.15) is 38.2 Å². The van der Waals surface area contributed by atoms with Crippen LogP contribution in [0.4, 0.5) is 4.79 Å². The smallest absolute Gasteiger partial charge is 0.317 e. The highest BCUT2D eigenvalue weighted by Gasteiger charge is 2.35. The second-order valence-electron chi connectivity index (χ2n) is 6.74. The van der Waals surface area contributed by atoms with Crippen molar-refractivity contribution in [2.45, 2.75) is 44.2 Å². The zero-order chi connectivity index (χ0) is 17.7. The van der Waals surface area contributed by atoms with Crippen LogP contribution in [-0.2, 0) is 10.4 Å². The molecular weight excluding hydrogens is 308 g/mol. The van der Waals surface area contributed by atoms with Crippen molar-refractivity contribution < 1.29 is 19.8 Å². The number of carboxylic acid groups (broad SMARTS) is 1. The lowest BCUT2D eigenvalue weighted by atomic mass is 9.78. The Balaban J connectivity index is 1.84. The van der Waals surface area contributed by atoms with Crippen molar-refractivity contribution in [3.8, 4) is 0 Å². The molecule has 1 aliphatic rings. The van der Waals surface area contributed by atoms with Crippen molar-refractivity contribution in [1.82, 2.24) is 10.2 Å². The SMILES string of the molecule is CC(CN(C)C(=O)NC1CCC(O)(c2ccccc2)CC1)C(=O)O. The van der Waals surface area contributed by atoms with Gasteiger partial charge < -0.3 is 20.4 Å². The molecule has 1 aromatic carbocycles. The van der Waals surface area contributed by atoms with Crippen molar-refractivity contribution in [2.75, 3.05) is 13.6 Å². The van der Waals surface area contributed by atoms with Gasteiger partial charge in [-0.05, 0) is 31.2 Å². The Bertz CT molecular complexity index is 568. The highest BCUT2D eigenvalue weighted by Crippen LogP contribution is 2.36. The van der Waals surface area contributed by atoms with E-state index < -0.39 is 17.5 Å². The lowest BCUT2D eigenvalue weighted by Gasteiger charge is -2.37. The molecule has 1 atom stereocenters. The molecule has 0 spiro atoms. The van der Waals surface area contributed by atoms with Gasteiger partial charge in [0.2, 0.25) is 0 Å². The van der Waals surface area contributed by atoms with Gasteiger partial charge in [0.25, 0.3) is 0 Å². The molecule has 6 heteroatoms. The van der Waals surface area contributed by atoms with Crippen molar-refractivity contribution in [3.05, 3.63) is 35.9 Å². The molecule has 2 rings (SSSR count). The van der Waals surface area contributed by atoms with E-state index in [4.69, 9.17) is 5.11 Å². The zero-order valence-electron chi connectivity index (χ0n) is 14.2. The summed E-state index contributed by atoms with van der Waals surface area (Å²) in [6, 6.07) is 9.36. The summed E-state index contributed by atoms with van der Waals surface area (Å²) in [5.41, 5.74) is 0.0915. The van der Waals surface area contributed by atoms with Gasteiger partial charge in [0.15, 0.2) is 0 Å². The first kappa shape index (κ1) is 18.3. The summed E-state index contributed by atoms with van der Waals surface area (Å²) in [5.74, 6) is -1.52. The van der Waals surface area contributed by atoms with Crippen molar-refractivity contribution in [3.63, 3.8) is 0 Å². The number of amides is 2. The number of aliphatic hydroxyl groups is 1. The maximum absolute atomic E-state index is 12.2. The molecule has 1 aromatic rings. The third-order valence-corrected chi connectivity index (χ3v) is 4.77. The molecular formula is C18H26N2O4. The molecule has 0 heterocycles. The highest BCUT2D eigenvalue weighted by atomic mass is 16.4. The van der Waals surface area contributed by atoms with E-state index >= 15 is 0 Å². The topological polar surface area (TPSA) is 89.9 Å². The quantitative estimate of drug-likeness (QED) is 0.770. The summed E-state index contributed by atoms with van der Waals surface area (Å²) in [4.78, 5) is 24.4. The molecule has 132 valence electrons. The zero-order valence-corrected chi connectivity index (χ0v) is 14.2. The van der Waals surface area contributed by atoms with E-state index in [9.17, 15) is 14.7 Å². The van der Waals surface area contributed by atoms with Gasteiger partial charge in [0.1, 0.15) is 0 Å². The molecule has 0 radical (unpaired) electrons. The van der Waals surface area contributed by atoms with E-state index in [0.29, 0.717) is 25.7 Å². The third kappa shape index (κ3) is 4.47. The Labute approximate surface area is 142 Å². The lowest BCUT2D eigenvalue weighted by molar-refractivity contribution is -0.141. The number of nitrogens with zero attached hydrogens (tertiary/aromatic N) is 1. The van der Waals surface area contributed by atoms with Crippen LogP contribution in [-0.4, -0.2) is 46.7 Å². The minimum atomic E-state index is -0.916. The Hall–Kier alpha value is -2.08. The molecule has 0 aromatic heterocycles. The number of carbonyl (C=O) groups is 2. The summed E-state index contributed by atoms with van der Waals surface area (Å²) in [7, 11) is 1.60. The van der Waals surface area contributed by atoms with Gasteiger partial charge >= 0.3 is 12.0 Å².